The Kier molecular flexibility index (Phi) is 6.27. The molecule has 2 rings (SSSR count). The van der Waals surface area contributed by atoms with Gasteiger partial charge >= 0.3 is 5.97 Å². The summed E-state index contributed by atoms with van der Waals surface area (Å²) in [4.78, 5) is 12.1. The van der Waals surface area contributed by atoms with E-state index in [0.717, 1.165) is 11.4 Å². The van der Waals surface area contributed by atoms with Crippen LogP contribution in [0.25, 0.3) is 0 Å². The van der Waals surface area contributed by atoms with Gasteiger partial charge in [0.05, 0.1) is 6.61 Å². The third-order valence-electron chi connectivity index (χ3n) is 3.97. The monoisotopic (exact) mass is 346 g/mol. The van der Waals surface area contributed by atoms with E-state index in [4.69, 9.17) is 21.1 Å². The SMILES string of the molecule is CCOC(=O)C(C)(CC)Oc1ccc(Cc2ccc(Cl)cc2)cc1. The first-order chi connectivity index (χ1) is 11.5. The first kappa shape index (κ1) is 18.3. The van der Waals surface area contributed by atoms with Gasteiger partial charge in [-0.3, -0.25) is 0 Å². The average molecular weight is 347 g/mol. The van der Waals surface area contributed by atoms with Crippen LogP contribution in [-0.2, 0) is 16.0 Å². The number of hydrogen-bond acceptors (Lipinski definition) is 3. The van der Waals surface area contributed by atoms with E-state index in [1.165, 1.54) is 11.1 Å². The van der Waals surface area contributed by atoms with E-state index in [-0.39, 0.29) is 5.97 Å². The Morgan fingerprint density at radius 2 is 1.54 bits per heavy atom. The number of carbonyl (C=O) groups is 1. The molecule has 2 aromatic carbocycles. The molecule has 0 saturated carbocycles. The molecule has 1 atom stereocenters. The Morgan fingerprint density at radius 3 is 2.04 bits per heavy atom. The lowest BCUT2D eigenvalue weighted by Crippen LogP contribution is -2.42. The van der Waals surface area contributed by atoms with Crippen LogP contribution in [-0.4, -0.2) is 18.2 Å². The van der Waals surface area contributed by atoms with Crippen LogP contribution < -0.4 is 4.74 Å². The number of rotatable bonds is 7. The van der Waals surface area contributed by atoms with E-state index >= 15 is 0 Å². The van der Waals surface area contributed by atoms with Gasteiger partial charge in [-0.15, -0.1) is 0 Å². The van der Waals surface area contributed by atoms with E-state index in [0.29, 0.717) is 18.8 Å². The van der Waals surface area contributed by atoms with Gasteiger partial charge in [-0.25, -0.2) is 4.79 Å². The summed E-state index contributed by atoms with van der Waals surface area (Å²) in [5, 5.41) is 0.736. The van der Waals surface area contributed by atoms with Crippen molar-refractivity contribution in [3.63, 3.8) is 0 Å². The number of halogens is 1. The minimum absolute atomic E-state index is 0.335. The van der Waals surface area contributed by atoms with Crippen molar-refractivity contribution in [1.82, 2.24) is 0 Å². The summed E-state index contributed by atoms with van der Waals surface area (Å²) in [6.07, 6.45) is 1.36. The maximum Gasteiger partial charge on any atom is 0.350 e. The molecule has 24 heavy (non-hydrogen) atoms. The first-order valence-electron chi connectivity index (χ1n) is 8.16. The molecule has 0 aliphatic carbocycles. The van der Waals surface area contributed by atoms with Crippen LogP contribution >= 0.6 is 11.6 Å². The smallest absolute Gasteiger partial charge is 0.350 e. The topological polar surface area (TPSA) is 35.5 Å². The second-order valence-corrected chi connectivity index (χ2v) is 6.29. The van der Waals surface area contributed by atoms with Crippen LogP contribution in [0.4, 0.5) is 0 Å². The zero-order chi connectivity index (χ0) is 17.6. The van der Waals surface area contributed by atoms with E-state index in [1.807, 2.05) is 55.5 Å². The summed E-state index contributed by atoms with van der Waals surface area (Å²) in [6.45, 7) is 5.80. The summed E-state index contributed by atoms with van der Waals surface area (Å²) < 4.78 is 11.0. The lowest BCUT2D eigenvalue weighted by Gasteiger charge is -2.27. The van der Waals surface area contributed by atoms with Crippen molar-refractivity contribution in [2.24, 2.45) is 0 Å². The largest absolute Gasteiger partial charge is 0.476 e. The van der Waals surface area contributed by atoms with Gasteiger partial charge in [0.1, 0.15) is 5.75 Å². The molecule has 3 nitrogen and oxygen atoms in total. The second kappa shape index (κ2) is 8.20. The van der Waals surface area contributed by atoms with Crippen molar-refractivity contribution in [3.05, 3.63) is 64.7 Å². The zero-order valence-electron chi connectivity index (χ0n) is 14.3. The molecule has 128 valence electrons. The first-order valence-corrected chi connectivity index (χ1v) is 8.54. The molecule has 1 unspecified atom stereocenters. The van der Waals surface area contributed by atoms with E-state index in [1.54, 1.807) is 13.8 Å². The molecule has 0 radical (unpaired) electrons. The van der Waals surface area contributed by atoms with Crippen molar-refractivity contribution in [2.45, 2.75) is 39.2 Å². The summed E-state index contributed by atoms with van der Waals surface area (Å²) in [5.74, 6) is 0.324. The molecule has 0 aliphatic heterocycles. The summed E-state index contributed by atoms with van der Waals surface area (Å²) in [6, 6.07) is 15.6. The zero-order valence-corrected chi connectivity index (χ0v) is 15.1. The highest BCUT2D eigenvalue weighted by Gasteiger charge is 2.35. The van der Waals surface area contributed by atoms with Crippen molar-refractivity contribution >= 4 is 17.6 Å². The van der Waals surface area contributed by atoms with Crippen LogP contribution in [0.5, 0.6) is 5.75 Å². The third kappa shape index (κ3) is 4.75. The highest BCUT2D eigenvalue weighted by molar-refractivity contribution is 6.30. The van der Waals surface area contributed by atoms with Gasteiger partial charge < -0.3 is 9.47 Å². The molecular weight excluding hydrogens is 324 g/mol. The number of esters is 1. The van der Waals surface area contributed by atoms with Crippen molar-refractivity contribution in [1.29, 1.82) is 0 Å². The van der Waals surface area contributed by atoms with Gasteiger partial charge in [0, 0.05) is 5.02 Å². The third-order valence-corrected chi connectivity index (χ3v) is 4.22. The molecule has 0 fully saturated rings. The summed E-state index contributed by atoms with van der Waals surface area (Å²) >= 11 is 5.90. The van der Waals surface area contributed by atoms with E-state index in [9.17, 15) is 4.79 Å². The normalized spacial score (nSPS) is 13.2. The number of carbonyl (C=O) groups excluding carboxylic acids is 1. The van der Waals surface area contributed by atoms with E-state index < -0.39 is 5.60 Å². The van der Waals surface area contributed by atoms with Crippen LogP contribution in [0.1, 0.15) is 38.3 Å². The molecular formula is C20H23ClO3. The Bertz CT molecular complexity index is 664. The molecule has 0 bridgehead atoms. The molecule has 4 heteroatoms. The molecule has 0 aliphatic rings. The van der Waals surface area contributed by atoms with Gasteiger partial charge in [0.15, 0.2) is 0 Å². The predicted octanol–water partition coefficient (Wildman–Crippen LogP) is 5.04. The fourth-order valence-corrected chi connectivity index (χ4v) is 2.44. The van der Waals surface area contributed by atoms with Gasteiger partial charge in [0.2, 0.25) is 5.60 Å². The van der Waals surface area contributed by atoms with E-state index in [2.05, 4.69) is 0 Å². The molecule has 0 aromatic heterocycles. The fraction of sp³-hybridized carbons (Fsp3) is 0.350. The lowest BCUT2D eigenvalue weighted by atomic mass is 10.0. The van der Waals surface area contributed by atoms with Crippen LogP contribution in [0, 0.1) is 0 Å². The Morgan fingerprint density at radius 1 is 1.00 bits per heavy atom. The Hall–Kier alpha value is -2.00. The minimum Gasteiger partial charge on any atom is -0.476 e. The molecule has 0 saturated heterocycles. The standard InChI is InChI=1S/C20H23ClO3/c1-4-20(3,19(22)23-5-2)24-18-12-8-16(9-13-18)14-15-6-10-17(21)11-7-15/h6-13H,4-5,14H2,1-3H3. The Balaban J connectivity index is 2.05. The van der Waals surface area contributed by atoms with Crippen LogP contribution in [0.15, 0.2) is 48.5 Å². The quantitative estimate of drug-likeness (QED) is 0.659. The van der Waals surface area contributed by atoms with Crippen LogP contribution in [0.2, 0.25) is 5.02 Å². The number of ether oxygens (including phenoxy) is 2. The van der Waals surface area contributed by atoms with Crippen molar-refractivity contribution in [2.75, 3.05) is 6.61 Å². The maximum atomic E-state index is 12.1. The van der Waals surface area contributed by atoms with Crippen molar-refractivity contribution in [3.8, 4) is 5.75 Å². The number of hydrogen-bond donors (Lipinski definition) is 0. The molecule has 0 heterocycles. The lowest BCUT2D eigenvalue weighted by molar-refractivity contribution is -0.160. The molecule has 0 N–H and O–H groups in total. The number of benzene rings is 2. The van der Waals surface area contributed by atoms with Crippen LogP contribution in [0.3, 0.4) is 0 Å². The summed E-state index contributed by atoms with van der Waals surface area (Å²) in [7, 11) is 0. The summed E-state index contributed by atoms with van der Waals surface area (Å²) in [5.41, 5.74) is 1.39. The van der Waals surface area contributed by atoms with Gasteiger partial charge in [-0.05, 0) is 62.1 Å². The molecule has 0 spiro atoms. The van der Waals surface area contributed by atoms with Crippen molar-refractivity contribution < 1.29 is 14.3 Å². The highest BCUT2D eigenvalue weighted by Crippen LogP contribution is 2.24. The second-order valence-electron chi connectivity index (χ2n) is 5.85. The molecule has 2 aromatic rings. The molecule has 0 amide bonds. The fourth-order valence-electron chi connectivity index (χ4n) is 2.32. The van der Waals surface area contributed by atoms with Gasteiger partial charge in [0.25, 0.3) is 0 Å². The predicted molar refractivity (Wildman–Crippen MR) is 96.7 cm³/mol. The van der Waals surface area contributed by atoms with Gasteiger partial charge in [-0.2, -0.15) is 0 Å². The maximum absolute atomic E-state index is 12.1. The van der Waals surface area contributed by atoms with Gasteiger partial charge in [-0.1, -0.05) is 42.8 Å². The Labute approximate surface area is 148 Å². The minimum atomic E-state index is -0.965. The average Bonchev–Trinajstić information content (AvgIpc) is 2.59. The highest BCUT2D eigenvalue weighted by atomic mass is 35.5.